The molecule has 7 heteroatoms. The minimum Gasteiger partial charge on any atom is -0.314 e. The van der Waals surface area contributed by atoms with Crippen LogP contribution in [0.1, 0.15) is 26.2 Å². The molecule has 1 aliphatic carbocycles. The Morgan fingerprint density at radius 2 is 1.62 bits per heavy atom. The van der Waals surface area contributed by atoms with E-state index in [2.05, 4.69) is 5.32 Å². The second-order valence-corrected chi connectivity index (χ2v) is 9.72. The summed E-state index contributed by atoms with van der Waals surface area (Å²) >= 11 is 0. The molecule has 0 spiro atoms. The lowest BCUT2D eigenvalue weighted by Crippen LogP contribution is -2.28. The lowest BCUT2D eigenvalue weighted by atomic mass is 10.2. The summed E-state index contributed by atoms with van der Waals surface area (Å²) in [5, 5.41) is 2.90. The number of benzene rings is 1. The van der Waals surface area contributed by atoms with Crippen molar-refractivity contribution in [2.75, 3.05) is 12.8 Å². The summed E-state index contributed by atoms with van der Waals surface area (Å²) in [6.07, 6.45) is 3.23. The zero-order valence-corrected chi connectivity index (χ0v) is 13.9. The van der Waals surface area contributed by atoms with Gasteiger partial charge in [-0.3, -0.25) is 0 Å². The zero-order chi connectivity index (χ0) is 15.7. The highest BCUT2D eigenvalue weighted by Gasteiger charge is 2.34. The molecular formula is C14H21NO4S2. The van der Waals surface area contributed by atoms with Gasteiger partial charge in [-0.05, 0) is 50.1 Å². The molecule has 1 aliphatic rings. The molecule has 0 saturated heterocycles. The predicted octanol–water partition coefficient (Wildman–Crippen LogP) is 1.39. The summed E-state index contributed by atoms with van der Waals surface area (Å²) in [4.78, 5) is 0.343. The van der Waals surface area contributed by atoms with Crippen LogP contribution < -0.4 is 5.32 Å². The van der Waals surface area contributed by atoms with Gasteiger partial charge in [-0.25, -0.2) is 16.8 Å². The van der Waals surface area contributed by atoms with E-state index in [-0.39, 0.29) is 21.1 Å². The van der Waals surface area contributed by atoms with Crippen molar-refractivity contribution in [3.8, 4) is 0 Å². The van der Waals surface area contributed by atoms with Crippen molar-refractivity contribution in [2.24, 2.45) is 0 Å². The van der Waals surface area contributed by atoms with Crippen LogP contribution in [0.3, 0.4) is 0 Å². The van der Waals surface area contributed by atoms with E-state index in [0.717, 1.165) is 19.2 Å². The van der Waals surface area contributed by atoms with Gasteiger partial charge in [0, 0.05) is 12.3 Å². The third-order valence-electron chi connectivity index (χ3n) is 3.90. The maximum Gasteiger partial charge on any atom is 0.181 e. The fourth-order valence-corrected chi connectivity index (χ4v) is 5.23. The molecule has 5 nitrogen and oxygen atoms in total. The van der Waals surface area contributed by atoms with Gasteiger partial charge in [0.05, 0.1) is 15.0 Å². The molecule has 118 valence electrons. The molecule has 1 saturated carbocycles. The van der Waals surface area contributed by atoms with Crippen molar-refractivity contribution in [3.63, 3.8) is 0 Å². The second-order valence-electron chi connectivity index (χ2n) is 5.48. The summed E-state index contributed by atoms with van der Waals surface area (Å²) in [6, 6.07) is 5.77. The first kappa shape index (κ1) is 16.5. The Hall–Kier alpha value is -0.920. The van der Waals surface area contributed by atoms with E-state index in [9.17, 15) is 16.8 Å². The van der Waals surface area contributed by atoms with E-state index in [1.54, 1.807) is 0 Å². The Bertz CT molecular complexity index is 693. The molecule has 1 aromatic rings. The number of nitrogens with one attached hydrogen (secondary N) is 1. The van der Waals surface area contributed by atoms with E-state index >= 15 is 0 Å². The number of rotatable bonds is 5. The molecule has 2 atom stereocenters. The van der Waals surface area contributed by atoms with Gasteiger partial charge >= 0.3 is 0 Å². The lowest BCUT2D eigenvalue weighted by Gasteiger charge is -2.13. The van der Waals surface area contributed by atoms with Gasteiger partial charge in [0.25, 0.3) is 0 Å². The van der Waals surface area contributed by atoms with Crippen molar-refractivity contribution in [2.45, 2.75) is 47.3 Å². The summed E-state index contributed by atoms with van der Waals surface area (Å²) in [6.45, 7) is 2.84. The Kier molecular flexibility index (Phi) is 4.75. The first-order chi connectivity index (χ1) is 9.75. The quantitative estimate of drug-likeness (QED) is 0.882. The van der Waals surface area contributed by atoms with Crippen LogP contribution in [0.15, 0.2) is 34.1 Å². The first-order valence-corrected chi connectivity index (χ1v) is 10.5. The SMILES string of the molecule is CCNC1CCC(S(=O)(=O)c2ccc(S(C)(=O)=O)cc2)C1. The normalized spacial score (nSPS) is 23.3. The van der Waals surface area contributed by atoms with Crippen molar-refractivity contribution in [1.29, 1.82) is 0 Å². The van der Waals surface area contributed by atoms with Crippen LogP contribution in [0.5, 0.6) is 0 Å². The smallest absolute Gasteiger partial charge is 0.181 e. The molecule has 2 unspecified atom stereocenters. The minimum atomic E-state index is -3.39. The molecule has 0 bridgehead atoms. The highest BCUT2D eigenvalue weighted by molar-refractivity contribution is 7.92. The molecular weight excluding hydrogens is 310 g/mol. The minimum absolute atomic E-state index is 0.137. The molecule has 0 radical (unpaired) electrons. The van der Waals surface area contributed by atoms with Gasteiger partial charge in [-0.2, -0.15) is 0 Å². The van der Waals surface area contributed by atoms with Gasteiger partial charge in [-0.1, -0.05) is 6.92 Å². The topological polar surface area (TPSA) is 80.3 Å². The van der Waals surface area contributed by atoms with Gasteiger partial charge in [-0.15, -0.1) is 0 Å². The second kappa shape index (κ2) is 6.06. The number of hydrogen-bond acceptors (Lipinski definition) is 5. The number of sulfone groups is 2. The standard InChI is InChI=1S/C14H21NO4S2/c1-3-15-11-4-5-14(10-11)21(18,19)13-8-6-12(7-9-13)20(2,16)17/h6-9,11,14-15H,3-5,10H2,1-2H3. The molecule has 1 N–H and O–H groups in total. The Morgan fingerprint density at radius 3 is 2.14 bits per heavy atom. The predicted molar refractivity (Wildman–Crippen MR) is 81.8 cm³/mol. The van der Waals surface area contributed by atoms with E-state index in [4.69, 9.17) is 0 Å². The van der Waals surface area contributed by atoms with Gasteiger partial charge in [0.1, 0.15) is 0 Å². The highest BCUT2D eigenvalue weighted by atomic mass is 32.2. The zero-order valence-electron chi connectivity index (χ0n) is 12.2. The van der Waals surface area contributed by atoms with Gasteiger partial charge < -0.3 is 5.32 Å². The average molecular weight is 331 g/mol. The van der Waals surface area contributed by atoms with Crippen LogP contribution >= 0.6 is 0 Å². The summed E-state index contributed by atoms with van der Waals surface area (Å²) in [7, 11) is -6.69. The molecule has 0 aliphatic heterocycles. The van der Waals surface area contributed by atoms with Crippen molar-refractivity contribution >= 4 is 19.7 Å². The summed E-state index contributed by atoms with van der Waals surface area (Å²) < 4.78 is 48.0. The fraction of sp³-hybridized carbons (Fsp3) is 0.571. The molecule has 1 aromatic carbocycles. The fourth-order valence-electron chi connectivity index (χ4n) is 2.76. The van der Waals surface area contributed by atoms with Crippen LogP contribution in [0.25, 0.3) is 0 Å². The third-order valence-corrected chi connectivity index (χ3v) is 7.26. The molecule has 1 fully saturated rings. The largest absolute Gasteiger partial charge is 0.314 e. The van der Waals surface area contributed by atoms with Crippen LogP contribution in [0.4, 0.5) is 0 Å². The highest BCUT2D eigenvalue weighted by Crippen LogP contribution is 2.30. The van der Waals surface area contributed by atoms with E-state index in [0.29, 0.717) is 12.8 Å². The molecule has 0 heterocycles. The Morgan fingerprint density at radius 1 is 1.05 bits per heavy atom. The summed E-state index contributed by atoms with van der Waals surface area (Å²) in [5.41, 5.74) is 0. The van der Waals surface area contributed by atoms with Gasteiger partial charge in [0.2, 0.25) is 0 Å². The molecule has 0 aromatic heterocycles. The van der Waals surface area contributed by atoms with Gasteiger partial charge in [0.15, 0.2) is 19.7 Å². The maximum absolute atomic E-state index is 12.6. The van der Waals surface area contributed by atoms with E-state index in [1.165, 1.54) is 24.3 Å². The summed E-state index contributed by atoms with van der Waals surface area (Å²) in [5.74, 6) is 0. The average Bonchev–Trinajstić information content (AvgIpc) is 2.88. The Balaban J connectivity index is 2.21. The van der Waals surface area contributed by atoms with Crippen LogP contribution in [0, 0.1) is 0 Å². The van der Waals surface area contributed by atoms with E-state index < -0.39 is 19.7 Å². The monoisotopic (exact) mass is 331 g/mol. The van der Waals surface area contributed by atoms with Crippen LogP contribution in [-0.2, 0) is 19.7 Å². The van der Waals surface area contributed by atoms with E-state index in [1.807, 2.05) is 6.92 Å². The molecule has 2 rings (SSSR count). The van der Waals surface area contributed by atoms with Crippen molar-refractivity contribution in [1.82, 2.24) is 5.32 Å². The number of hydrogen-bond donors (Lipinski definition) is 1. The van der Waals surface area contributed by atoms with Crippen LogP contribution in [0.2, 0.25) is 0 Å². The van der Waals surface area contributed by atoms with Crippen LogP contribution in [-0.4, -0.2) is 40.9 Å². The Labute approximate surface area is 126 Å². The maximum atomic E-state index is 12.6. The lowest BCUT2D eigenvalue weighted by molar-refractivity contribution is 0.537. The molecule has 21 heavy (non-hydrogen) atoms. The van der Waals surface area contributed by atoms with Crippen molar-refractivity contribution < 1.29 is 16.8 Å². The van der Waals surface area contributed by atoms with Crippen molar-refractivity contribution in [3.05, 3.63) is 24.3 Å². The third kappa shape index (κ3) is 3.64. The first-order valence-electron chi connectivity index (χ1n) is 7.02. The molecule has 0 amide bonds.